The lowest BCUT2D eigenvalue weighted by molar-refractivity contribution is -0.124. The van der Waals surface area contributed by atoms with Gasteiger partial charge in [-0.25, -0.2) is 4.98 Å². The lowest BCUT2D eigenvalue weighted by Gasteiger charge is -2.35. The highest BCUT2D eigenvalue weighted by Gasteiger charge is 2.22. The minimum atomic E-state index is -0.129. The van der Waals surface area contributed by atoms with Gasteiger partial charge < -0.3 is 15.0 Å². The molecule has 1 aromatic carbocycles. The van der Waals surface area contributed by atoms with E-state index in [0.717, 1.165) is 55.4 Å². The van der Waals surface area contributed by atoms with E-state index in [0.29, 0.717) is 6.54 Å². The number of aryl methyl sites for hydroxylation is 1. The Labute approximate surface area is 206 Å². The second kappa shape index (κ2) is 11.9. The number of anilines is 1. The van der Waals surface area contributed by atoms with Crippen molar-refractivity contribution in [1.29, 1.82) is 0 Å². The van der Waals surface area contributed by atoms with Crippen LogP contribution in [0.2, 0.25) is 0 Å². The van der Waals surface area contributed by atoms with Crippen LogP contribution in [0.3, 0.4) is 0 Å². The van der Waals surface area contributed by atoms with Gasteiger partial charge in [0.25, 0.3) is 0 Å². The molecule has 1 saturated heterocycles. The summed E-state index contributed by atoms with van der Waals surface area (Å²) in [6.07, 6.45) is 5.46. The predicted molar refractivity (Wildman–Crippen MR) is 134 cm³/mol. The Morgan fingerprint density at radius 2 is 1.79 bits per heavy atom. The zero-order chi connectivity index (χ0) is 23.2. The molecule has 34 heavy (non-hydrogen) atoms. The summed E-state index contributed by atoms with van der Waals surface area (Å²) in [5, 5.41) is 7.20. The number of rotatable bonds is 8. The number of amides is 1. The number of hydrogen-bond acceptors (Lipinski definition) is 7. The van der Waals surface area contributed by atoms with E-state index in [2.05, 4.69) is 37.1 Å². The van der Waals surface area contributed by atoms with Gasteiger partial charge in [0.2, 0.25) is 5.91 Å². The van der Waals surface area contributed by atoms with E-state index in [1.54, 1.807) is 12.4 Å². The van der Waals surface area contributed by atoms with Crippen LogP contribution >= 0.6 is 12.4 Å². The molecule has 0 bridgehead atoms. The molecule has 0 radical (unpaired) electrons. The van der Waals surface area contributed by atoms with Crippen LogP contribution in [0, 0.1) is 6.92 Å². The van der Waals surface area contributed by atoms with Crippen LogP contribution < -0.4 is 10.2 Å². The van der Waals surface area contributed by atoms with E-state index in [1.807, 2.05) is 42.2 Å². The van der Waals surface area contributed by atoms with Gasteiger partial charge in [0, 0.05) is 82.6 Å². The molecule has 2 aromatic heterocycles. The maximum Gasteiger partial charge on any atom is 0.246 e. The van der Waals surface area contributed by atoms with E-state index >= 15 is 0 Å². The Kier molecular flexibility index (Phi) is 8.98. The summed E-state index contributed by atoms with van der Waals surface area (Å²) >= 11 is 0. The fraction of sp³-hybridized carbons (Fsp3) is 0.417. The first-order chi connectivity index (χ1) is 16.0. The van der Waals surface area contributed by atoms with Crippen molar-refractivity contribution < 1.29 is 9.53 Å². The number of benzene rings is 1. The van der Waals surface area contributed by atoms with Crippen molar-refractivity contribution in [2.24, 2.45) is 7.05 Å². The van der Waals surface area contributed by atoms with Crippen LogP contribution in [0.15, 0.2) is 42.9 Å². The van der Waals surface area contributed by atoms with Crippen molar-refractivity contribution in [2.75, 3.05) is 44.8 Å². The van der Waals surface area contributed by atoms with Crippen LogP contribution in [0.1, 0.15) is 16.8 Å². The molecule has 3 aromatic rings. The Bertz CT molecular complexity index is 1080. The third-order valence-corrected chi connectivity index (χ3v) is 6.07. The number of aromatic nitrogens is 4. The summed E-state index contributed by atoms with van der Waals surface area (Å²) in [5.74, 6) is 0.784. The van der Waals surface area contributed by atoms with E-state index < -0.39 is 0 Å². The molecule has 0 spiro atoms. The summed E-state index contributed by atoms with van der Waals surface area (Å²) < 4.78 is 6.77. The normalized spacial score (nSPS) is 14.0. The second-order valence-corrected chi connectivity index (χ2v) is 8.28. The highest BCUT2D eigenvalue weighted by Crippen LogP contribution is 2.28. The molecule has 1 aliphatic rings. The molecule has 3 heterocycles. The van der Waals surface area contributed by atoms with Crippen LogP contribution in [0.4, 0.5) is 5.82 Å². The van der Waals surface area contributed by atoms with Crippen molar-refractivity contribution in [3.63, 3.8) is 0 Å². The Hall–Kier alpha value is -3.01. The van der Waals surface area contributed by atoms with E-state index in [9.17, 15) is 4.79 Å². The number of nitrogens with one attached hydrogen (secondary N) is 1. The number of ether oxygens (including phenoxy) is 1. The SMILES string of the molecule is COCC(=O)NCc1ccc(-c2nccnc2N2CCN(Cc3cnn(C)c3C)CC2)cc1.Cl. The van der Waals surface area contributed by atoms with Crippen LogP contribution in [-0.2, 0) is 29.7 Å². The monoisotopic (exact) mass is 485 g/mol. The topological polar surface area (TPSA) is 88.4 Å². The molecule has 1 N–H and O–H groups in total. The van der Waals surface area contributed by atoms with Gasteiger partial charge in [0.05, 0.1) is 6.20 Å². The molecule has 9 nitrogen and oxygen atoms in total. The number of nitrogens with zero attached hydrogens (tertiary/aromatic N) is 6. The fourth-order valence-corrected chi connectivity index (χ4v) is 3.99. The van der Waals surface area contributed by atoms with Crippen LogP contribution in [-0.4, -0.2) is 70.5 Å². The third kappa shape index (κ3) is 6.11. The van der Waals surface area contributed by atoms with Gasteiger partial charge in [-0.15, -0.1) is 12.4 Å². The average molecular weight is 486 g/mol. The Morgan fingerprint density at radius 1 is 1.09 bits per heavy atom. The van der Waals surface area contributed by atoms with Gasteiger partial charge in [-0.2, -0.15) is 5.10 Å². The maximum atomic E-state index is 11.6. The first kappa shape index (κ1) is 25.6. The van der Waals surface area contributed by atoms with Crippen LogP contribution in [0.5, 0.6) is 0 Å². The van der Waals surface area contributed by atoms with E-state index in [4.69, 9.17) is 4.74 Å². The number of hydrogen-bond donors (Lipinski definition) is 1. The first-order valence-corrected chi connectivity index (χ1v) is 11.2. The van der Waals surface area contributed by atoms with Crippen molar-refractivity contribution >= 4 is 24.1 Å². The summed E-state index contributed by atoms with van der Waals surface area (Å²) in [5.41, 5.74) is 5.41. The largest absolute Gasteiger partial charge is 0.375 e. The number of carbonyl (C=O) groups is 1. The molecule has 1 fully saturated rings. The molecular weight excluding hydrogens is 454 g/mol. The quantitative estimate of drug-likeness (QED) is 0.523. The molecule has 1 amide bonds. The minimum Gasteiger partial charge on any atom is -0.375 e. The molecule has 182 valence electrons. The molecule has 0 aliphatic carbocycles. The van der Waals surface area contributed by atoms with E-state index in [1.165, 1.54) is 18.4 Å². The van der Waals surface area contributed by atoms with Crippen molar-refractivity contribution in [1.82, 2.24) is 30.0 Å². The summed E-state index contributed by atoms with van der Waals surface area (Å²) in [6.45, 7) is 7.29. The molecular formula is C24H32ClN7O2. The number of piperazine rings is 1. The molecule has 0 atom stereocenters. The van der Waals surface area contributed by atoms with Crippen molar-refractivity contribution in [2.45, 2.75) is 20.0 Å². The zero-order valence-electron chi connectivity index (χ0n) is 19.9. The molecule has 1 aliphatic heterocycles. The lowest BCUT2D eigenvalue weighted by Crippen LogP contribution is -2.46. The lowest BCUT2D eigenvalue weighted by atomic mass is 10.1. The maximum absolute atomic E-state index is 11.6. The number of methoxy groups -OCH3 is 1. The summed E-state index contributed by atoms with van der Waals surface area (Å²) in [6, 6.07) is 8.09. The predicted octanol–water partition coefficient (Wildman–Crippen LogP) is 2.19. The Morgan fingerprint density at radius 3 is 2.44 bits per heavy atom. The van der Waals surface area contributed by atoms with Crippen molar-refractivity contribution in [3.05, 3.63) is 59.7 Å². The van der Waals surface area contributed by atoms with Gasteiger partial charge in [0.1, 0.15) is 12.3 Å². The zero-order valence-corrected chi connectivity index (χ0v) is 20.7. The number of carbonyl (C=O) groups excluding carboxylic acids is 1. The standard InChI is InChI=1S/C24H31N7O2.ClH/c1-18-21(15-28-29(18)2)16-30-10-12-31(13-11-30)24-23(25-8-9-26-24)20-6-4-19(5-7-20)14-27-22(32)17-33-3;/h4-9,15H,10-14,16-17H2,1-3H3,(H,27,32);1H. The second-order valence-electron chi connectivity index (χ2n) is 8.28. The average Bonchev–Trinajstić information content (AvgIpc) is 3.16. The Balaban J connectivity index is 0.00000324. The third-order valence-electron chi connectivity index (χ3n) is 6.07. The summed E-state index contributed by atoms with van der Waals surface area (Å²) in [7, 11) is 3.49. The fourth-order valence-electron chi connectivity index (χ4n) is 3.99. The first-order valence-electron chi connectivity index (χ1n) is 11.2. The van der Waals surface area contributed by atoms with Gasteiger partial charge >= 0.3 is 0 Å². The smallest absolute Gasteiger partial charge is 0.246 e. The van der Waals surface area contributed by atoms with Gasteiger partial charge in [-0.05, 0) is 12.5 Å². The van der Waals surface area contributed by atoms with Gasteiger partial charge in [0.15, 0.2) is 5.82 Å². The molecule has 4 rings (SSSR count). The van der Waals surface area contributed by atoms with Crippen molar-refractivity contribution in [3.8, 4) is 11.3 Å². The minimum absolute atomic E-state index is 0. The highest BCUT2D eigenvalue weighted by atomic mass is 35.5. The highest BCUT2D eigenvalue weighted by molar-refractivity contribution is 5.85. The molecule has 0 unspecified atom stereocenters. The van der Waals surface area contributed by atoms with Gasteiger partial charge in [-0.1, -0.05) is 24.3 Å². The molecule has 10 heteroatoms. The van der Waals surface area contributed by atoms with E-state index in [-0.39, 0.29) is 24.9 Å². The van der Waals surface area contributed by atoms with Crippen LogP contribution in [0.25, 0.3) is 11.3 Å². The van der Waals surface area contributed by atoms with Gasteiger partial charge in [-0.3, -0.25) is 19.4 Å². The molecule has 0 saturated carbocycles. The summed E-state index contributed by atoms with van der Waals surface area (Å²) in [4.78, 5) is 25.7. The number of halogens is 1.